The number of carbonyl (C=O) groups is 1. The molecule has 148 valence electrons. The van der Waals surface area contributed by atoms with E-state index in [4.69, 9.17) is 10.2 Å². The molecule has 30 heavy (non-hydrogen) atoms. The lowest BCUT2D eigenvalue weighted by atomic mass is 10.1. The minimum atomic E-state index is -0.440. The fourth-order valence-electron chi connectivity index (χ4n) is 3.04. The van der Waals surface area contributed by atoms with E-state index < -0.39 is 5.91 Å². The van der Waals surface area contributed by atoms with Crippen LogP contribution in [-0.4, -0.2) is 26.1 Å². The lowest BCUT2D eigenvalue weighted by molar-refractivity contribution is 0.100. The van der Waals surface area contributed by atoms with Gasteiger partial charge in [0.2, 0.25) is 5.91 Å². The fourth-order valence-corrected chi connectivity index (χ4v) is 4.63. The van der Waals surface area contributed by atoms with Crippen molar-refractivity contribution in [3.05, 3.63) is 71.4 Å². The van der Waals surface area contributed by atoms with Gasteiger partial charge >= 0.3 is 0 Å². The third-order valence-electron chi connectivity index (χ3n) is 4.54. The third-order valence-corrected chi connectivity index (χ3v) is 6.33. The highest BCUT2D eigenvalue weighted by Crippen LogP contribution is 2.31. The summed E-state index contributed by atoms with van der Waals surface area (Å²) in [5.74, 6) is 0.665. The molecule has 7 nitrogen and oxygen atoms in total. The molecule has 2 aromatic carbocycles. The first kappa shape index (κ1) is 18.6. The molecule has 0 fully saturated rings. The lowest BCUT2D eigenvalue weighted by Gasteiger charge is -1.98. The first-order valence-electron chi connectivity index (χ1n) is 9.05. The molecule has 3 aromatic heterocycles. The van der Waals surface area contributed by atoms with Gasteiger partial charge in [-0.3, -0.25) is 4.79 Å². The van der Waals surface area contributed by atoms with E-state index >= 15 is 0 Å². The van der Waals surface area contributed by atoms with Crippen molar-refractivity contribution in [2.45, 2.75) is 11.0 Å². The Morgan fingerprint density at radius 3 is 2.80 bits per heavy atom. The van der Waals surface area contributed by atoms with E-state index in [1.165, 1.54) is 11.8 Å². The van der Waals surface area contributed by atoms with Crippen LogP contribution < -0.4 is 5.73 Å². The first-order valence-corrected chi connectivity index (χ1v) is 10.9. The summed E-state index contributed by atoms with van der Waals surface area (Å²) in [6, 6.07) is 15.1. The number of fused-ring (bicyclic) bond motifs is 1. The summed E-state index contributed by atoms with van der Waals surface area (Å²) < 4.78 is 5.84. The average molecular weight is 434 g/mol. The van der Waals surface area contributed by atoms with E-state index in [0.717, 1.165) is 32.7 Å². The number of nitrogens with one attached hydrogen (secondary N) is 1. The number of para-hydroxylation sites is 1. The van der Waals surface area contributed by atoms with Crippen LogP contribution in [0.3, 0.4) is 0 Å². The molecule has 1 amide bonds. The fraction of sp³-hybridized carbons (Fsp3) is 0.0476. The monoisotopic (exact) mass is 433 g/mol. The molecule has 0 unspecified atom stereocenters. The van der Waals surface area contributed by atoms with E-state index in [-0.39, 0.29) is 0 Å². The van der Waals surface area contributed by atoms with Crippen LogP contribution >= 0.6 is 23.1 Å². The van der Waals surface area contributed by atoms with E-state index in [0.29, 0.717) is 22.4 Å². The predicted molar refractivity (Wildman–Crippen MR) is 117 cm³/mol. The minimum Gasteiger partial charge on any atom is -0.411 e. The summed E-state index contributed by atoms with van der Waals surface area (Å²) in [5, 5.41) is 12.8. The van der Waals surface area contributed by atoms with Crippen LogP contribution in [0.5, 0.6) is 0 Å². The van der Waals surface area contributed by atoms with Gasteiger partial charge in [-0.1, -0.05) is 42.1 Å². The molecule has 3 N–H and O–H groups in total. The van der Waals surface area contributed by atoms with Gasteiger partial charge in [-0.25, -0.2) is 4.98 Å². The highest BCUT2D eigenvalue weighted by Gasteiger charge is 2.14. The van der Waals surface area contributed by atoms with Crippen molar-refractivity contribution in [3.63, 3.8) is 0 Å². The number of thiazole rings is 1. The largest absolute Gasteiger partial charge is 0.411 e. The van der Waals surface area contributed by atoms with Crippen LogP contribution in [0, 0.1) is 0 Å². The molecule has 0 radical (unpaired) electrons. The number of nitrogens with zero attached hydrogens (tertiary/aromatic N) is 3. The second-order valence-corrected chi connectivity index (χ2v) is 8.28. The molecule has 0 spiro atoms. The number of thioether (sulfide) groups is 1. The topological polar surface area (TPSA) is 111 Å². The Labute approximate surface area is 179 Å². The first-order chi connectivity index (χ1) is 14.7. The van der Waals surface area contributed by atoms with E-state index in [1.54, 1.807) is 23.5 Å². The predicted octanol–water partition coefficient (Wildman–Crippen LogP) is 4.73. The number of H-pyrrole nitrogens is 1. The summed E-state index contributed by atoms with van der Waals surface area (Å²) in [6.07, 6.45) is 1.88. The van der Waals surface area contributed by atoms with E-state index in [1.807, 2.05) is 48.0 Å². The van der Waals surface area contributed by atoms with Crippen LogP contribution in [0.2, 0.25) is 0 Å². The smallest absolute Gasteiger partial charge is 0.277 e. The van der Waals surface area contributed by atoms with Gasteiger partial charge in [-0.05, 0) is 18.2 Å². The maximum Gasteiger partial charge on any atom is 0.277 e. The molecule has 0 saturated heterocycles. The molecular weight excluding hydrogens is 418 g/mol. The van der Waals surface area contributed by atoms with Gasteiger partial charge in [-0.15, -0.1) is 21.5 Å². The molecule has 0 atom stereocenters. The average Bonchev–Trinajstić information content (AvgIpc) is 3.51. The van der Waals surface area contributed by atoms with E-state index in [2.05, 4.69) is 20.2 Å². The van der Waals surface area contributed by atoms with E-state index in [9.17, 15) is 4.79 Å². The van der Waals surface area contributed by atoms with Crippen molar-refractivity contribution in [2.75, 3.05) is 0 Å². The Kier molecular flexibility index (Phi) is 4.82. The maximum atomic E-state index is 11.2. The molecule has 0 saturated carbocycles. The molecule has 0 bridgehead atoms. The van der Waals surface area contributed by atoms with Crippen molar-refractivity contribution < 1.29 is 9.21 Å². The Balaban J connectivity index is 1.28. The van der Waals surface area contributed by atoms with Gasteiger partial charge < -0.3 is 15.1 Å². The molecule has 3 heterocycles. The van der Waals surface area contributed by atoms with Crippen molar-refractivity contribution in [2.24, 2.45) is 5.73 Å². The van der Waals surface area contributed by atoms with Crippen molar-refractivity contribution in [1.82, 2.24) is 20.2 Å². The number of hydrogen-bond acceptors (Lipinski definition) is 7. The van der Waals surface area contributed by atoms with Crippen LogP contribution in [0.25, 0.3) is 32.9 Å². The number of benzene rings is 2. The summed E-state index contributed by atoms with van der Waals surface area (Å²) >= 11 is 2.99. The second-order valence-electron chi connectivity index (χ2n) is 6.50. The third kappa shape index (κ3) is 3.60. The second kappa shape index (κ2) is 7.77. The SMILES string of the molecule is NC(=O)c1ccc(-c2nc(CSc3nnc(-c4c[nH]c5ccccc45)o3)cs2)cc1. The lowest BCUT2D eigenvalue weighted by Crippen LogP contribution is -2.10. The zero-order chi connectivity index (χ0) is 20.5. The zero-order valence-corrected chi connectivity index (χ0v) is 17.2. The van der Waals surface area contributed by atoms with Crippen LogP contribution in [0.15, 0.2) is 69.7 Å². The number of carbonyl (C=O) groups excluding carboxylic acids is 1. The summed E-state index contributed by atoms with van der Waals surface area (Å²) in [7, 11) is 0. The molecule has 5 rings (SSSR count). The number of aromatic amines is 1. The Morgan fingerprint density at radius 1 is 1.13 bits per heavy atom. The Bertz CT molecular complexity index is 1340. The molecule has 9 heteroatoms. The van der Waals surface area contributed by atoms with Gasteiger partial charge in [-0.2, -0.15) is 0 Å². The maximum absolute atomic E-state index is 11.2. The number of rotatable bonds is 6. The standard InChI is InChI=1S/C21H15N5O2S2/c22-18(27)12-5-7-13(8-6-12)20-24-14(10-29-20)11-30-21-26-25-19(28-21)16-9-23-17-4-2-1-3-15(16)17/h1-10,23H,11H2,(H2,22,27). The Morgan fingerprint density at radius 2 is 1.97 bits per heavy atom. The number of amides is 1. The Hall–Kier alpha value is -3.43. The molecule has 0 aliphatic rings. The quantitative estimate of drug-likeness (QED) is 0.375. The van der Waals surface area contributed by atoms with Crippen molar-refractivity contribution in [3.8, 4) is 22.0 Å². The molecule has 0 aliphatic heterocycles. The van der Waals surface area contributed by atoms with Gasteiger partial charge in [0.15, 0.2) is 0 Å². The van der Waals surface area contributed by atoms with Gasteiger partial charge in [0, 0.05) is 39.4 Å². The van der Waals surface area contributed by atoms with Crippen molar-refractivity contribution >= 4 is 39.9 Å². The van der Waals surface area contributed by atoms with Crippen LogP contribution in [0.1, 0.15) is 16.1 Å². The summed E-state index contributed by atoms with van der Waals surface area (Å²) in [5.41, 5.74) is 9.55. The minimum absolute atomic E-state index is 0.440. The molecular formula is C21H15N5O2S2. The zero-order valence-electron chi connectivity index (χ0n) is 15.5. The normalized spacial score (nSPS) is 11.2. The number of nitrogens with two attached hydrogens (primary N) is 1. The number of primary amides is 1. The summed E-state index contributed by atoms with van der Waals surface area (Å²) in [4.78, 5) is 19.1. The van der Waals surface area contributed by atoms with Crippen LogP contribution in [0.4, 0.5) is 0 Å². The van der Waals surface area contributed by atoms with Gasteiger partial charge in [0.1, 0.15) is 5.01 Å². The number of hydrogen-bond donors (Lipinski definition) is 2. The molecule has 0 aliphatic carbocycles. The van der Waals surface area contributed by atoms with Gasteiger partial charge in [0.25, 0.3) is 11.1 Å². The highest BCUT2D eigenvalue weighted by molar-refractivity contribution is 7.98. The van der Waals surface area contributed by atoms with Crippen LogP contribution in [-0.2, 0) is 5.75 Å². The van der Waals surface area contributed by atoms with Crippen molar-refractivity contribution in [1.29, 1.82) is 0 Å². The molecule has 5 aromatic rings. The van der Waals surface area contributed by atoms with Gasteiger partial charge in [0.05, 0.1) is 11.3 Å². The highest BCUT2D eigenvalue weighted by atomic mass is 32.2. The summed E-state index contributed by atoms with van der Waals surface area (Å²) in [6.45, 7) is 0. The number of aromatic nitrogens is 4.